The fraction of sp³-hybridized carbons (Fsp3) is 0.300. The van der Waals surface area contributed by atoms with E-state index in [1.165, 1.54) is 0 Å². The van der Waals surface area contributed by atoms with Crippen molar-refractivity contribution in [3.8, 4) is 0 Å². The maximum absolute atomic E-state index is 12.2. The van der Waals surface area contributed by atoms with Gasteiger partial charge in [-0.15, -0.1) is 0 Å². The summed E-state index contributed by atoms with van der Waals surface area (Å²) in [6, 6.07) is 14.6. The van der Waals surface area contributed by atoms with E-state index in [0.29, 0.717) is 23.6 Å². The van der Waals surface area contributed by atoms with Gasteiger partial charge in [0.15, 0.2) is 0 Å². The van der Waals surface area contributed by atoms with Gasteiger partial charge in [0, 0.05) is 23.4 Å². The van der Waals surface area contributed by atoms with Crippen molar-refractivity contribution < 1.29 is 14.7 Å². The number of aromatic carboxylic acids is 1. The number of carbonyl (C=O) groups excluding carboxylic acids is 1. The van der Waals surface area contributed by atoms with Crippen molar-refractivity contribution in [1.29, 1.82) is 0 Å². The average molecular weight is 358 g/mol. The van der Waals surface area contributed by atoms with E-state index < -0.39 is 5.97 Å². The molecule has 2 N–H and O–H groups in total. The van der Waals surface area contributed by atoms with Crippen LogP contribution in [-0.4, -0.2) is 23.5 Å². The Morgan fingerprint density at radius 1 is 1.12 bits per heavy atom. The first-order chi connectivity index (χ1) is 12.0. The molecule has 0 spiro atoms. The normalized spacial score (nSPS) is 14.8. The number of hydrogen-bond donors (Lipinski definition) is 2. The van der Waals surface area contributed by atoms with Crippen LogP contribution in [0.25, 0.3) is 0 Å². The molecular formula is C20H20ClNO3. The molecule has 25 heavy (non-hydrogen) atoms. The smallest absolute Gasteiger partial charge is 0.335 e. The van der Waals surface area contributed by atoms with Crippen molar-refractivity contribution >= 4 is 23.5 Å². The Balaban J connectivity index is 1.55. The third-order valence-electron chi connectivity index (χ3n) is 4.78. The van der Waals surface area contributed by atoms with Gasteiger partial charge in [-0.1, -0.05) is 41.9 Å². The molecule has 1 amide bonds. The Bertz CT molecular complexity index is 799. The molecule has 0 unspecified atom stereocenters. The number of amides is 1. The van der Waals surface area contributed by atoms with Gasteiger partial charge in [-0.05, 0) is 48.6 Å². The van der Waals surface area contributed by atoms with E-state index in [-0.39, 0.29) is 23.3 Å². The lowest BCUT2D eigenvalue weighted by molar-refractivity contribution is -0.121. The van der Waals surface area contributed by atoms with Crippen LogP contribution in [0, 0.1) is 0 Å². The predicted molar refractivity (Wildman–Crippen MR) is 97.1 cm³/mol. The highest BCUT2D eigenvalue weighted by atomic mass is 35.5. The van der Waals surface area contributed by atoms with Crippen LogP contribution < -0.4 is 5.32 Å². The lowest BCUT2D eigenvalue weighted by atomic mass is 9.96. The molecule has 0 saturated heterocycles. The molecule has 0 bridgehead atoms. The number of aryl methyl sites for hydroxylation is 1. The number of nitrogens with one attached hydrogen (secondary N) is 1. The first-order valence-corrected chi connectivity index (χ1v) is 8.72. The Hall–Kier alpha value is -2.33. The van der Waals surface area contributed by atoms with Crippen molar-refractivity contribution in [2.45, 2.75) is 31.1 Å². The maximum atomic E-state index is 12.2. The molecule has 0 heterocycles. The Labute approximate surface area is 151 Å². The Morgan fingerprint density at radius 3 is 2.56 bits per heavy atom. The van der Waals surface area contributed by atoms with Gasteiger partial charge in [-0.3, -0.25) is 4.79 Å². The van der Waals surface area contributed by atoms with Crippen LogP contribution in [0.15, 0.2) is 48.5 Å². The molecule has 1 aliphatic rings. The highest BCUT2D eigenvalue weighted by molar-refractivity contribution is 6.30. The molecule has 2 aromatic carbocycles. The maximum Gasteiger partial charge on any atom is 0.335 e. The minimum Gasteiger partial charge on any atom is -0.478 e. The van der Waals surface area contributed by atoms with Crippen LogP contribution in [0.3, 0.4) is 0 Å². The highest BCUT2D eigenvalue weighted by Gasteiger charge is 2.44. The standard InChI is InChI=1S/C20H20ClNO3/c21-16-6-3-5-15(12-16)20(10-11-20)13-22-18(23)9-8-14-4-1-2-7-17(14)19(24)25/h1-7,12H,8-11,13H2,(H,22,23)(H,24,25). The van der Waals surface area contributed by atoms with E-state index in [2.05, 4.69) is 5.32 Å². The summed E-state index contributed by atoms with van der Waals surface area (Å²) in [6.45, 7) is 0.590. The summed E-state index contributed by atoms with van der Waals surface area (Å²) in [5.74, 6) is -1.03. The third kappa shape index (κ3) is 4.20. The van der Waals surface area contributed by atoms with E-state index >= 15 is 0 Å². The molecule has 0 radical (unpaired) electrons. The molecule has 4 nitrogen and oxygen atoms in total. The number of carboxylic acid groups (broad SMARTS) is 1. The van der Waals surface area contributed by atoms with E-state index in [0.717, 1.165) is 18.4 Å². The summed E-state index contributed by atoms with van der Waals surface area (Å²) in [6.07, 6.45) is 2.76. The fourth-order valence-corrected chi connectivity index (χ4v) is 3.28. The highest BCUT2D eigenvalue weighted by Crippen LogP contribution is 2.48. The summed E-state index contributed by atoms with van der Waals surface area (Å²) in [7, 11) is 0. The van der Waals surface area contributed by atoms with Crippen LogP contribution in [-0.2, 0) is 16.6 Å². The van der Waals surface area contributed by atoms with Crippen molar-refractivity contribution in [3.05, 3.63) is 70.2 Å². The molecule has 0 atom stereocenters. The second-order valence-corrected chi connectivity index (χ2v) is 6.97. The quantitative estimate of drug-likeness (QED) is 0.791. The summed E-state index contributed by atoms with van der Waals surface area (Å²) >= 11 is 6.06. The monoisotopic (exact) mass is 357 g/mol. The molecule has 5 heteroatoms. The number of carboxylic acids is 1. The molecule has 1 saturated carbocycles. The predicted octanol–water partition coefficient (Wildman–Crippen LogP) is 3.82. The number of rotatable bonds is 7. The van der Waals surface area contributed by atoms with Gasteiger partial charge in [0.25, 0.3) is 0 Å². The average Bonchev–Trinajstić information content (AvgIpc) is 3.39. The van der Waals surface area contributed by atoms with Crippen LogP contribution in [0.4, 0.5) is 0 Å². The SMILES string of the molecule is O=C(CCc1ccccc1C(=O)O)NCC1(c2cccc(Cl)c2)CC1. The zero-order chi connectivity index (χ0) is 17.9. The van der Waals surface area contributed by atoms with Crippen LogP contribution in [0.5, 0.6) is 0 Å². The van der Waals surface area contributed by atoms with Gasteiger partial charge in [-0.25, -0.2) is 4.79 Å². The topological polar surface area (TPSA) is 66.4 Å². The van der Waals surface area contributed by atoms with Gasteiger partial charge in [0.1, 0.15) is 0 Å². The lowest BCUT2D eigenvalue weighted by Crippen LogP contribution is -2.32. The third-order valence-corrected chi connectivity index (χ3v) is 5.02. The summed E-state index contributed by atoms with van der Waals surface area (Å²) in [5.41, 5.74) is 2.10. The van der Waals surface area contributed by atoms with Gasteiger partial charge >= 0.3 is 5.97 Å². The van der Waals surface area contributed by atoms with Gasteiger partial charge in [0.05, 0.1) is 5.56 Å². The van der Waals surface area contributed by atoms with Crippen LogP contribution in [0.1, 0.15) is 40.7 Å². The van der Waals surface area contributed by atoms with Crippen molar-refractivity contribution in [1.82, 2.24) is 5.32 Å². The molecule has 130 valence electrons. The molecule has 3 rings (SSSR count). The molecule has 1 fully saturated rings. The van der Waals surface area contributed by atoms with Crippen molar-refractivity contribution in [2.75, 3.05) is 6.54 Å². The van der Waals surface area contributed by atoms with Crippen LogP contribution in [0.2, 0.25) is 5.02 Å². The minimum atomic E-state index is -0.964. The molecular weight excluding hydrogens is 338 g/mol. The second-order valence-electron chi connectivity index (χ2n) is 6.53. The summed E-state index contributed by atoms with van der Waals surface area (Å²) in [5, 5.41) is 12.9. The zero-order valence-electron chi connectivity index (χ0n) is 13.8. The van der Waals surface area contributed by atoms with E-state index in [9.17, 15) is 14.7 Å². The first-order valence-electron chi connectivity index (χ1n) is 8.34. The number of hydrogen-bond acceptors (Lipinski definition) is 2. The number of benzene rings is 2. The Kier molecular flexibility index (Phi) is 5.09. The van der Waals surface area contributed by atoms with E-state index in [1.54, 1.807) is 24.3 Å². The number of carbonyl (C=O) groups is 2. The summed E-state index contributed by atoms with van der Waals surface area (Å²) in [4.78, 5) is 23.4. The van der Waals surface area contributed by atoms with Gasteiger partial charge in [0.2, 0.25) is 5.91 Å². The molecule has 0 aliphatic heterocycles. The first kappa shape index (κ1) is 17.5. The molecule has 1 aliphatic carbocycles. The van der Waals surface area contributed by atoms with Gasteiger partial charge < -0.3 is 10.4 Å². The van der Waals surface area contributed by atoms with Crippen molar-refractivity contribution in [3.63, 3.8) is 0 Å². The molecule has 2 aromatic rings. The van der Waals surface area contributed by atoms with Crippen LogP contribution >= 0.6 is 11.6 Å². The summed E-state index contributed by atoms with van der Waals surface area (Å²) < 4.78 is 0. The van der Waals surface area contributed by atoms with E-state index in [4.69, 9.17) is 11.6 Å². The van der Waals surface area contributed by atoms with Crippen molar-refractivity contribution in [2.24, 2.45) is 0 Å². The minimum absolute atomic E-state index is 0.000465. The van der Waals surface area contributed by atoms with E-state index in [1.807, 2.05) is 24.3 Å². The lowest BCUT2D eigenvalue weighted by Gasteiger charge is -2.17. The van der Waals surface area contributed by atoms with Gasteiger partial charge in [-0.2, -0.15) is 0 Å². The fourth-order valence-electron chi connectivity index (χ4n) is 3.09. The largest absolute Gasteiger partial charge is 0.478 e. The zero-order valence-corrected chi connectivity index (χ0v) is 14.6. The Morgan fingerprint density at radius 2 is 1.88 bits per heavy atom. The second kappa shape index (κ2) is 7.28. The number of halogens is 1. The molecule has 0 aromatic heterocycles.